The summed E-state index contributed by atoms with van der Waals surface area (Å²) in [5.74, 6) is 1.39. The highest BCUT2D eigenvalue weighted by molar-refractivity contribution is 6.30. The minimum absolute atomic E-state index is 0.374. The fourth-order valence-corrected chi connectivity index (χ4v) is 1.88. The number of benzene rings is 1. The molecule has 0 radical (unpaired) electrons. The van der Waals surface area contributed by atoms with Crippen LogP contribution in [0.5, 0.6) is 5.75 Å². The van der Waals surface area contributed by atoms with Crippen LogP contribution in [0.1, 0.15) is 12.7 Å². The molecule has 1 heterocycles. The van der Waals surface area contributed by atoms with Crippen LogP contribution in [0.4, 0.5) is 5.88 Å². The molecule has 1 amide bonds. The minimum Gasteiger partial charge on any atom is -0.481 e. The Morgan fingerprint density at radius 2 is 2.17 bits per heavy atom. The standard InChI is InChI=1S/C16H18ClN3O3/c1-11(22-13-6-4-5-12(17)9-13)16(21)19-18-10-14-7-8-15(23-14)20(2)3/h4-11H,1-3H3,(H,19,21)/b18-10+. The van der Waals surface area contributed by atoms with Crippen LogP contribution < -0.4 is 15.1 Å². The molecule has 2 aromatic rings. The van der Waals surface area contributed by atoms with Crippen molar-refractivity contribution in [1.82, 2.24) is 5.43 Å². The highest BCUT2D eigenvalue weighted by Crippen LogP contribution is 2.18. The molecule has 0 spiro atoms. The van der Waals surface area contributed by atoms with Gasteiger partial charge in [0.05, 0.1) is 6.21 Å². The lowest BCUT2D eigenvalue weighted by molar-refractivity contribution is -0.127. The lowest BCUT2D eigenvalue weighted by atomic mass is 10.3. The zero-order valence-corrected chi connectivity index (χ0v) is 13.9. The van der Waals surface area contributed by atoms with E-state index in [2.05, 4.69) is 10.5 Å². The fraction of sp³-hybridized carbons (Fsp3) is 0.250. The van der Waals surface area contributed by atoms with Gasteiger partial charge in [0.1, 0.15) is 11.5 Å². The summed E-state index contributed by atoms with van der Waals surface area (Å²) in [4.78, 5) is 13.7. The molecule has 1 atom stereocenters. The molecule has 0 saturated heterocycles. The van der Waals surface area contributed by atoms with E-state index in [1.54, 1.807) is 37.3 Å². The average Bonchev–Trinajstić information content (AvgIpc) is 2.96. The normalized spacial score (nSPS) is 12.2. The summed E-state index contributed by atoms with van der Waals surface area (Å²) >= 11 is 5.87. The van der Waals surface area contributed by atoms with E-state index in [1.165, 1.54) is 6.21 Å². The lowest BCUT2D eigenvalue weighted by Gasteiger charge is -2.12. The lowest BCUT2D eigenvalue weighted by Crippen LogP contribution is -2.33. The van der Waals surface area contributed by atoms with Crippen molar-refractivity contribution in [3.63, 3.8) is 0 Å². The number of carbonyl (C=O) groups excluding carboxylic acids is 1. The number of ether oxygens (including phenoxy) is 1. The summed E-state index contributed by atoms with van der Waals surface area (Å²) in [6.45, 7) is 1.63. The van der Waals surface area contributed by atoms with Gasteiger partial charge < -0.3 is 14.1 Å². The minimum atomic E-state index is -0.709. The topological polar surface area (TPSA) is 67.1 Å². The quantitative estimate of drug-likeness (QED) is 0.651. The van der Waals surface area contributed by atoms with Gasteiger partial charge in [-0.25, -0.2) is 5.43 Å². The van der Waals surface area contributed by atoms with Crippen molar-refractivity contribution < 1.29 is 13.9 Å². The van der Waals surface area contributed by atoms with Crippen molar-refractivity contribution in [2.45, 2.75) is 13.0 Å². The van der Waals surface area contributed by atoms with Crippen LogP contribution in [0.3, 0.4) is 0 Å². The van der Waals surface area contributed by atoms with Gasteiger partial charge in [-0.2, -0.15) is 5.10 Å². The molecule has 0 fully saturated rings. The van der Waals surface area contributed by atoms with Gasteiger partial charge in [0.25, 0.3) is 5.91 Å². The summed E-state index contributed by atoms with van der Waals surface area (Å²) in [5, 5.41) is 4.40. The van der Waals surface area contributed by atoms with E-state index in [1.807, 2.05) is 25.1 Å². The Balaban J connectivity index is 1.86. The SMILES string of the molecule is CC(Oc1cccc(Cl)c1)C(=O)N/N=C/c1ccc(N(C)C)o1. The Kier molecular flexibility index (Phi) is 5.65. The van der Waals surface area contributed by atoms with E-state index in [4.69, 9.17) is 20.8 Å². The number of furan rings is 1. The number of amides is 1. The molecule has 0 bridgehead atoms. The number of rotatable bonds is 6. The predicted molar refractivity (Wildman–Crippen MR) is 90.3 cm³/mol. The van der Waals surface area contributed by atoms with E-state index in [0.717, 1.165) is 0 Å². The molecule has 7 heteroatoms. The van der Waals surface area contributed by atoms with Crippen LogP contribution in [0.15, 0.2) is 45.9 Å². The Bertz CT molecular complexity index is 697. The van der Waals surface area contributed by atoms with Gasteiger partial charge in [-0.1, -0.05) is 17.7 Å². The van der Waals surface area contributed by atoms with Crippen molar-refractivity contribution in [1.29, 1.82) is 0 Å². The van der Waals surface area contributed by atoms with E-state index >= 15 is 0 Å². The monoisotopic (exact) mass is 335 g/mol. The van der Waals surface area contributed by atoms with Crippen LogP contribution in [-0.2, 0) is 4.79 Å². The van der Waals surface area contributed by atoms with Gasteiger partial charge in [-0.15, -0.1) is 0 Å². The van der Waals surface area contributed by atoms with Gasteiger partial charge in [0.15, 0.2) is 12.0 Å². The summed E-state index contributed by atoms with van der Waals surface area (Å²) < 4.78 is 11.0. The molecule has 0 aliphatic carbocycles. The number of hydrazone groups is 1. The molecule has 23 heavy (non-hydrogen) atoms. The van der Waals surface area contributed by atoms with Crippen molar-refractivity contribution in [2.75, 3.05) is 19.0 Å². The molecule has 1 aromatic heterocycles. The predicted octanol–water partition coefficient (Wildman–Crippen LogP) is 2.92. The second-order valence-corrected chi connectivity index (χ2v) is 5.46. The van der Waals surface area contributed by atoms with Gasteiger partial charge in [0, 0.05) is 25.2 Å². The Labute approximate surface area is 139 Å². The average molecular weight is 336 g/mol. The van der Waals surface area contributed by atoms with Gasteiger partial charge in [0.2, 0.25) is 0 Å². The maximum atomic E-state index is 11.9. The van der Waals surface area contributed by atoms with Gasteiger partial charge >= 0.3 is 0 Å². The van der Waals surface area contributed by atoms with Crippen LogP contribution in [-0.4, -0.2) is 32.3 Å². The Hall–Kier alpha value is -2.47. The number of hydrogen-bond acceptors (Lipinski definition) is 5. The van der Waals surface area contributed by atoms with E-state index in [-0.39, 0.29) is 5.91 Å². The van der Waals surface area contributed by atoms with Crippen LogP contribution in [0.2, 0.25) is 5.02 Å². The molecule has 1 N–H and O–H groups in total. The highest BCUT2D eigenvalue weighted by atomic mass is 35.5. The molecular weight excluding hydrogens is 318 g/mol. The van der Waals surface area contributed by atoms with Gasteiger partial charge in [-0.05, 0) is 31.2 Å². The van der Waals surface area contributed by atoms with Crippen LogP contribution in [0, 0.1) is 0 Å². The molecule has 1 unspecified atom stereocenters. The highest BCUT2D eigenvalue weighted by Gasteiger charge is 2.14. The largest absolute Gasteiger partial charge is 0.481 e. The van der Waals surface area contributed by atoms with Crippen LogP contribution >= 0.6 is 11.6 Å². The van der Waals surface area contributed by atoms with Crippen molar-refractivity contribution in [2.24, 2.45) is 5.10 Å². The van der Waals surface area contributed by atoms with Crippen LogP contribution in [0.25, 0.3) is 0 Å². The summed E-state index contributed by atoms with van der Waals surface area (Å²) in [6.07, 6.45) is 0.719. The summed E-state index contributed by atoms with van der Waals surface area (Å²) in [6, 6.07) is 10.4. The number of nitrogens with zero attached hydrogens (tertiary/aromatic N) is 2. The van der Waals surface area contributed by atoms with E-state index in [9.17, 15) is 4.79 Å². The maximum Gasteiger partial charge on any atom is 0.280 e. The molecule has 2 rings (SSSR count). The molecule has 1 aromatic carbocycles. The second-order valence-electron chi connectivity index (χ2n) is 5.02. The van der Waals surface area contributed by atoms with Crippen molar-refractivity contribution in [3.8, 4) is 5.75 Å². The third-order valence-electron chi connectivity index (χ3n) is 2.90. The summed E-state index contributed by atoms with van der Waals surface area (Å²) in [5.41, 5.74) is 2.40. The fourth-order valence-electron chi connectivity index (χ4n) is 1.70. The molecule has 0 saturated carbocycles. The first-order valence-corrected chi connectivity index (χ1v) is 7.36. The molecule has 122 valence electrons. The Morgan fingerprint density at radius 1 is 1.39 bits per heavy atom. The van der Waals surface area contributed by atoms with E-state index in [0.29, 0.717) is 22.4 Å². The van der Waals surface area contributed by atoms with Gasteiger partial charge in [-0.3, -0.25) is 4.79 Å². The third-order valence-corrected chi connectivity index (χ3v) is 3.13. The number of carbonyl (C=O) groups is 1. The first kappa shape index (κ1) is 16.9. The number of hydrogen-bond donors (Lipinski definition) is 1. The third kappa shape index (κ3) is 5.03. The number of anilines is 1. The van der Waals surface area contributed by atoms with Crippen molar-refractivity contribution >= 4 is 29.6 Å². The number of halogens is 1. The second kappa shape index (κ2) is 7.69. The maximum absolute atomic E-state index is 11.9. The molecule has 6 nitrogen and oxygen atoms in total. The smallest absolute Gasteiger partial charge is 0.280 e. The first-order valence-electron chi connectivity index (χ1n) is 6.98. The zero-order valence-electron chi connectivity index (χ0n) is 13.1. The number of nitrogens with one attached hydrogen (secondary N) is 1. The zero-order chi connectivity index (χ0) is 16.8. The summed E-state index contributed by atoms with van der Waals surface area (Å²) in [7, 11) is 3.74. The molecule has 0 aliphatic rings. The van der Waals surface area contributed by atoms with Crippen molar-refractivity contribution in [3.05, 3.63) is 47.2 Å². The van der Waals surface area contributed by atoms with E-state index < -0.39 is 6.10 Å². The Morgan fingerprint density at radius 3 is 2.83 bits per heavy atom. The first-order chi connectivity index (χ1) is 11.0. The molecule has 0 aliphatic heterocycles. The molecular formula is C16H18ClN3O3.